The number of aromatic nitrogens is 5. The van der Waals surface area contributed by atoms with Crippen LogP contribution in [-0.2, 0) is 11.2 Å². The quantitative estimate of drug-likeness (QED) is 0.440. The molecule has 4 heterocycles. The molecule has 3 aromatic heterocycles. The Kier molecular flexibility index (Phi) is 5.41. The number of amides is 1. The number of H-pyrrole nitrogens is 1. The summed E-state index contributed by atoms with van der Waals surface area (Å²) in [5.74, 6) is 1.30. The average Bonchev–Trinajstić information content (AvgIpc) is 3.60. The molecule has 1 aliphatic heterocycles. The van der Waals surface area contributed by atoms with Crippen molar-refractivity contribution in [3.8, 4) is 0 Å². The van der Waals surface area contributed by atoms with Crippen molar-refractivity contribution in [1.29, 1.82) is 0 Å². The van der Waals surface area contributed by atoms with Gasteiger partial charge in [0.2, 0.25) is 5.91 Å². The van der Waals surface area contributed by atoms with Gasteiger partial charge >= 0.3 is 0 Å². The molecule has 2 aliphatic rings. The molecule has 1 saturated carbocycles. The Labute approximate surface area is 201 Å². The van der Waals surface area contributed by atoms with Crippen molar-refractivity contribution < 1.29 is 4.79 Å². The highest BCUT2D eigenvalue weighted by Gasteiger charge is 2.35. The van der Waals surface area contributed by atoms with Gasteiger partial charge in [0.25, 0.3) is 0 Å². The van der Waals surface area contributed by atoms with Crippen LogP contribution in [0.2, 0.25) is 5.02 Å². The van der Waals surface area contributed by atoms with Crippen LogP contribution in [0.4, 0.5) is 11.5 Å². The molecule has 2 fully saturated rings. The number of aromatic amines is 1. The van der Waals surface area contributed by atoms with Gasteiger partial charge in [-0.05, 0) is 43.0 Å². The van der Waals surface area contributed by atoms with Crippen LogP contribution < -0.4 is 10.2 Å². The Bertz CT molecular complexity index is 1360. The lowest BCUT2D eigenvalue weighted by Gasteiger charge is -2.37. The number of rotatable bonds is 6. The van der Waals surface area contributed by atoms with E-state index in [1.54, 1.807) is 6.33 Å². The molecule has 2 N–H and O–H groups in total. The van der Waals surface area contributed by atoms with Gasteiger partial charge in [0.15, 0.2) is 11.5 Å². The van der Waals surface area contributed by atoms with E-state index in [0.717, 1.165) is 78.9 Å². The maximum absolute atomic E-state index is 12.5. The van der Waals surface area contributed by atoms with E-state index in [0.29, 0.717) is 23.1 Å². The molecule has 0 unspecified atom stereocenters. The van der Waals surface area contributed by atoms with E-state index >= 15 is 0 Å². The predicted molar refractivity (Wildman–Crippen MR) is 132 cm³/mol. The monoisotopic (exact) mass is 476 g/mol. The van der Waals surface area contributed by atoms with Crippen LogP contribution in [0.1, 0.15) is 18.4 Å². The highest BCUT2D eigenvalue weighted by Crippen LogP contribution is 2.36. The summed E-state index contributed by atoms with van der Waals surface area (Å²) >= 11 is 6.67. The number of benzene rings is 1. The maximum Gasteiger partial charge on any atom is 0.225 e. The Morgan fingerprint density at radius 2 is 2.00 bits per heavy atom. The molecule has 0 bridgehead atoms. The van der Waals surface area contributed by atoms with Crippen molar-refractivity contribution in [1.82, 2.24) is 29.8 Å². The number of imidazole rings is 1. The van der Waals surface area contributed by atoms with E-state index in [1.807, 2.05) is 23.2 Å². The Hall–Kier alpha value is -3.46. The maximum atomic E-state index is 12.5. The van der Waals surface area contributed by atoms with Gasteiger partial charge in [-0.3, -0.25) is 9.78 Å². The number of halogens is 1. The van der Waals surface area contributed by atoms with Gasteiger partial charge in [0.1, 0.15) is 11.8 Å². The molecule has 6 rings (SSSR count). The Morgan fingerprint density at radius 3 is 2.82 bits per heavy atom. The fraction of sp³-hybridized carbons (Fsp3) is 0.375. The first-order valence-electron chi connectivity index (χ1n) is 11.7. The third-order valence-corrected chi connectivity index (χ3v) is 6.95. The van der Waals surface area contributed by atoms with Crippen molar-refractivity contribution in [3.63, 3.8) is 0 Å². The third kappa shape index (κ3) is 3.90. The lowest BCUT2D eigenvalue weighted by molar-refractivity contribution is -0.132. The zero-order valence-electron chi connectivity index (χ0n) is 18.7. The predicted octanol–water partition coefficient (Wildman–Crippen LogP) is 3.27. The number of nitrogens with zero attached hydrogens (tertiary/aromatic N) is 6. The van der Waals surface area contributed by atoms with E-state index in [9.17, 15) is 4.79 Å². The average molecular weight is 477 g/mol. The molecule has 1 aromatic carbocycles. The molecule has 1 saturated heterocycles. The minimum absolute atomic E-state index is 0.259. The molecular formula is C24H25ClN8O. The first kappa shape index (κ1) is 21.1. The van der Waals surface area contributed by atoms with Crippen LogP contribution in [0.3, 0.4) is 0 Å². The number of pyridine rings is 1. The van der Waals surface area contributed by atoms with Gasteiger partial charge in [-0.2, -0.15) is 0 Å². The van der Waals surface area contributed by atoms with Crippen LogP contribution in [-0.4, -0.2) is 68.5 Å². The SMILES string of the molecule is O=C(C1CC1)N1CCN(c2c(CCNc3ncnc4nc[nH]c34)cc(Cl)c3cccnc23)CC1. The fourth-order valence-electron chi connectivity index (χ4n) is 4.73. The zero-order valence-corrected chi connectivity index (χ0v) is 19.4. The minimum atomic E-state index is 0.259. The molecule has 0 atom stereocenters. The van der Waals surface area contributed by atoms with Crippen LogP contribution >= 0.6 is 11.6 Å². The standard InChI is InChI=1S/C24H25ClN8O/c25-18-12-16(5-7-27-22-20-23(29-13-28-20)31-14-30-22)21(19-17(18)2-1-6-26-19)32-8-10-33(11-9-32)24(34)15-3-4-15/h1-2,6,12-15H,3-5,7-11H2,(H2,27,28,29,30,31). The van der Waals surface area contributed by atoms with Gasteiger partial charge in [0.05, 0.1) is 22.6 Å². The second-order valence-corrected chi connectivity index (χ2v) is 9.26. The summed E-state index contributed by atoms with van der Waals surface area (Å²) in [5.41, 5.74) is 4.56. The van der Waals surface area contributed by atoms with E-state index in [4.69, 9.17) is 16.6 Å². The van der Waals surface area contributed by atoms with Crippen molar-refractivity contribution in [2.45, 2.75) is 19.3 Å². The molecule has 9 nitrogen and oxygen atoms in total. The number of fused-ring (bicyclic) bond motifs is 2. The van der Waals surface area contributed by atoms with Crippen LogP contribution in [0.15, 0.2) is 37.1 Å². The molecule has 4 aromatic rings. The van der Waals surface area contributed by atoms with E-state index in [2.05, 4.69) is 36.2 Å². The Morgan fingerprint density at radius 1 is 1.15 bits per heavy atom. The van der Waals surface area contributed by atoms with Gasteiger partial charge in [0, 0.05) is 50.2 Å². The summed E-state index contributed by atoms with van der Waals surface area (Å²) in [6, 6.07) is 5.98. The van der Waals surface area contributed by atoms with Gasteiger partial charge < -0.3 is 20.1 Å². The molecule has 0 radical (unpaired) electrons. The molecule has 174 valence electrons. The Balaban J connectivity index is 1.26. The van der Waals surface area contributed by atoms with Crippen LogP contribution in [0.5, 0.6) is 0 Å². The lowest BCUT2D eigenvalue weighted by Crippen LogP contribution is -2.49. The van der Waals surface area contributed by atoms with E-state index in [1.165, 1.54) is 6.33 Å². The van der Waals surface area contributed by atoms with Crippen LogP contribution in [0, 0.1) is 5.92 Å². The molecule has 34 heavy (non-hydrogen) atoms. The van der Waals surface area contributed by atoms with Gasteiger partial charge in [-0.15, -0.1) is 0 Å². The topological polar surface area (TPSA) is 103 Å². The zero-order chi connectivity index (χ0) is 23.1. The number of carbonyl (C=O) groups is 1. The first-order chi connectivity index (χ1) is 16.7. The normalized spacial score (nSPS) is 16.4. The summed E-state index contributed by atoms with van der Waals surface area (Å²) in [7, 11) is 0. The fourth-order valence-corrected chi connectivity index (χ4v) is 5.02. The minimum Gasteiger partial charge on any atom is -0.368 e. The summed E-state index contributed by atoms with van der Waals surface area (Å²) < 4.78 is 0. The molecule has 0 spiro atoms. The first-order valence-corrected chi connectivity index (χ1v) is 12.0. The lowest BCUT2D eigenvalue weighted by atomic mass is 10.0. The number of carbonyl (C=O) groups excluding carboxylic acids is 1. The highest BCUT2D eigenvalue weighted by atomic mass is 35.5. The highest BCUT2D eigenvalue weighted by molar-refractivity contribution is 6.36. The van der Waals surface area contributed by atoms with E-state index in [-0.39, 0.29) is 5.92 Å². The second-order valence-electron chi connectivity index (χ2n) is 8.85. The summed E-state index contributed by atoms with van der Waals surface area (Å²) in [4.78, 5) is 37.4. The number of hydrogen-bond donors (Lipinski definition) is 2. The van der Waals surface area contributed by atoms with E-state index < -0.39 is 0 Å². The van der Waals surface area contributed by atoms with Crippen molar-refractivity contribution in [2.24, 2.45) is 5.92 Å². The second kappa shape index (κ2) is 8.72. The molecular weight excluding hydrogens is 452 g/mol. The number of nitrogens with one attached hydrogen (secondary N) is 2. The number of anilines is 2. The molecule has 10 heteroatoms. The largest absolute Gasteiger partial charge is 0.368 e. The smallest absolute Gasteiger partial charge is 0.225 e. The molecule has 1 aliphatic carbocycles. The number of hydrogen-bond acceptors (Lipinski definition) is 7. The third-order valence-electron chi connectivity index (χ3n) is 6.64. The van der Waals surface area contributed by atoms with Crippen molar-refractivity contribution in [2.75, 3.05) is 42.9 Å². The van der Waals surface area contributed by atoms with Crippen molar-refractivity contribution >= 4 is 51.1 Å². The van der Waals surface area contributed by atoms with Crippen LogP contribution in [0.25, 0.3) is 22.1 Å². The summed E-state index contributed by atoms with van der Waals surface area (Å²) in [6.45, 7) is 3.71. The summed E-state index contributed by atoms with van der Waals surface area (Å²) in [5, 5.41) is 5.05. The summed E-state index contributed by atoms with van der Waals surface area (Å²) in [6.07, 6.45) is 7.76. The van der Waals surface area contributed by atoms with Gasteiger partial charge in [-0.25, -0.2) is 15.0 Å². The molecule has 1 amide bonds. The van der Waals surface area contributed by atoms with Gasteiger partial charge in [-0.1, -0.05) is 11.6 Å². The number of piperazine rings is 1. The van der Waals surface area contributed by atoms with Crippen molar-refractivity contribution in [3.05, 3.63) is 47.6 Å².